The van der Waals surface area contributed by atoms with Crippen molar-refractivity contribution in [1.82, 2.24) is 9.55 Å². The van der Waals surface area contributed by atoms with Crippen molar-refractivity contribution in [3.63, 3.8) is 0 Å². The molecule has 6 aromatic carbocycles. The molecule has 1 fully saturated rings. The maximum Gasteiger partial charge on any atom is 0.330 e. The van der Waals surface area contributed by atoms with Crippen LogP contribution < -0.4 is 11.2 Å². The van der Waals surface area contributed by atoms with Gasteiger partial charge in [0.2, 0.25) is 0 Å². The van der Waals surface area contributed by atoms with Gasteiger partial charge >= 0.3 is 5.69 Å². The first-order valence-electron chi connectivity index (χ1n) is 18.3. The molecule has 1 N–H and O–H groups in total. The van der Waals surface area contributed by atoms with Crippen molar-refractivity contribution in [2.45, 2.75) is 29.6 Å². The molecule has 1 aromatic heterocycles. The summed E-state index contributed by atoms with van der Waals surface area (Å²) in [6.07, 6.45) is -1.20. The van der Waals surface area contributed by atoms with Crippen LogP contribution in [-0.4, -0.2) is 28.4 Å². The van der Waals surface area contributed by atoms with Crippen molar-refractivity contribution in [3.05, 3.63) is 261 Å². The van der Waals surface area contributed by atoms with Crippen LogP contribution >= 0.6 is 0 Å². The predicted octanol–water partition coefficient (Wildman–Crippen LogP) is 8.38. The molecule has 0 bridgehead atoms. The first kappa shape index (κ1) is 35.6. The van der Waals surface area contributed by atoms with Crippen molar-refractivity contribution in [2.75, 3.05) is 6.61 Å². The summed E-state index contributed by atoms with van der Waals surface area (Å²) in [6.45, 7) is 4.66. The summed E-state index contributed by atoms with van der Waals surface area (Å²) in [5, 5.41) is 0. The van der Waals surface area contributed by atoms with Gasteiger partial charge in [-0.15, -0.1) is 0 Å². The largest absolute Gasteiger partial charge is 0.358 e. The molecule has 1 aliphatic heterocycles. The topological polar surface area (TPSA) is 82.6 Å². The Balaban J connectivity index is 1.26. The molecule has 0 amide bonds. The van der Waals surface area contributed by atoms with E-state index < -0.39 is 40.9 Å². The first-order chi connectivity index (χ1) is 27.0. The highest BCUT2D eigenvalue weighted by atomic mass is 16.6. The molecule has 0 unspecified atom stereocenters. The van der Waals surface area contributed by atoms with E-state index in [1.165, 1.54) is 16.8 Å². The quantitative estimate of drug-likeness (QED) is 0.101. The average molecular weight is 725 g/mol. The van der Waals surface area contributed by atoms with Crippen molar-refractivity contribution >= 4 is 0 Å². The summed E-state index contributed by atoms with van der Waals surface area (Å²) in [5.74, 6) is 0. The molecule has 0 aliphatic carbocycles. The second kappa shape index (κ2) is 15.5. The lowest BCUT2D eigenvalue weighted by molar-refractivity contribution is -0.118. The van der Waals surface area contributed by atoms with Gasteiger partial charge in [-0.3, -0.25) is 14.3 Å². The van der Waals surface area contributed by atoms with Crippen LogP contribution in [0.5, 0.6) is 0 Å². The highest BCUT2D eigenvalue weighted by Gasteiger charge is 2.49. The Morgan fingerprint density at radius 1 is 0.545 bits per heavy atom. The highest BCUT2D eigenvalue weighted by Crippen LogP contribution is 2.47. The fourth-order valence-electron chi connectivity index (χ4n) is 7.70. The van der Waals surface area contributed by atoms with E-state index in [0.29, 0.717) is 5.57 Å². The van der Waals surface area contributed by atoms with E-state index >= 15 is 0 Å². The smallest absolute Gasteiger partial charge is 0.330 e. The lowest BCUT2D eigenvalue weighted by atomic mass is 9.79. The van der Waals surface area contributed by atoms with Crippen LogP contribution in [0.3, 0.4) is 0 Å². The number of rotatable bonds is 12. The summed E-state index contributed by atoms with van der Waals surface area (Å²) in [6, 6.07) is 61.7. The van der Waals surface area contributed by atoms with Gasteiger partial charge in [-0.2, -0.15) is 0 Å². The van der Waals surface area contributed by atoms with Crippen LogP contribution in [0.4, 0.5) is 0 Å². The van der Waals surface area contributed by atoms with E-state index in [1.807, 2.05) is 146 Å². The molecule has 7 aromatic rings. The Bertz CT molecular complexity index is 2260. The number of H-pyrrole nitrogens is 1. The van der Waals surface area contributed by atoms with Gasteiger partial charge in [0.15, 0.2) is 6.23 Å². The molecular formula is C48H40N2O5. The summed E-state index contributed by atoms with van der Waals surface area (Å²) >= 11 is 0. The van der Waals surface area contributed by atoms with E-state index in [-0.39, 0.29) is 6.61 Å². The summed E-state index contributed by atoms with van der Waals surface area (Å²) in [7, 11) is 0. The average Bonchev–Trinajstić information content (AvgIpc) is 3.55. The Morgan fingerprint density at radius 2 is 0.909 bits per heavy atom. The minimum Gasteiger partial charge on any atom is -0.358 e. The van der Waals surface area contributed by atoms with Gasteiger partial charge in [-0.25, -0.2) is 4.79 Å². The molecular weight excluding hydrogens is 685 g/mol. The van der Waals surface area contributed by atoms with Gasteiger partial charge in [0, 0.05) is 12.3 Å². The molecule has 0 saturated carbocycles. The summed E-state index contributed by atoms with van der Waals surface area (Å²) in [5.41, 5.74) is 2.70. The molecule has 1 aliphatic rings. The highest BCUT2D eigenvalue weighted by molar-refractivity contribution is 5.49. The van der Waals surface area contributed by atoms with Gasteiger partial charge in [0.25, 0.3) is 5.56 Å². The first-order valence-corrected chi connectivity index (χ1v) is 18.3. The number of nitrogens with one attached hydrogen (secondary N) is 1. The molecule has 2 heterocycles. The minimum atomic E-state index is -1.16. The van der Waals surface area contributed by atoms with Gasteiger partial charge < -0.3 is 14.2 Å². The van der Waals surface area contributed by atoms with Crippen LogP contribution in [0.25, 0.3) is 0 Å². The zero-order valence-corrected chi connectivity index (χ0v) is 30.1. The molecule has 0 radical (unpaired) electrons. The number of hydrogen-bond donors (Lipinski definition) is 1. The fourth-order valence-corrected chi connectivity index (χ4v) is 7.70. The second-order valence-electron chi connectivity index (χ2n) is 13.5. The Morgan fingerprint density at radius 3 is 1.27 bits per heavy atom. The number of hydrogen-bond acceptors (Lipinski definition) is 5. The molecule has 0 spiro atoms. The van der Waals surface area contributed by atoms with Crippen LogP contribution in [0.1, 0.15) is 39.6 Å². The number of ether oxygens (including phenoxy) is 3. The minimum absolute atomic E-state index is 0.0565. The van der Waals surface area contributed by atoms with E-state index in [9.17, 15) is 9.59 Å². The van der Waals surface area contributed by atoms with Crippen molar-refractivity contribution in [1.29, 1.82) is 0 Å². The zero-order chi connectivity index (χ0) is 37.7. The summed E-state index contributed by atoms with van der Waals surface area (Å²) < 4.78 is 22.9. The van der Waals surface area contributed by atoms with Gasteiger partial charge in [-0.05, 0) is 39.0 Å². The number of benzene rings is 6. The Labute approximate surface area is 319 Å². The van der Waals surface area contributed by atoms with Crippen LogP contribution in [0, 0.1) is 0 Å². The van der Waals surface area contributed by atoms with E-state index in [1.54, 1.807) is 0 Å². The maximum absolute atomic E-state index is 13.5. The zero-order valence-electron chi connectivity index (χ0n) is 30.1. The second-order valence-corrected chi connectivity index (χ2v) is 13.5. The number of aromatic amines is 1. The summed E-state index contributed by atoms with van der Waals surface area (Å²) in [4.78, 5) is 28.2. The van der Waals surface area contributed by atoms with Gasteiger partial charge in [0.1, 0.15) is 23.4 Å². The predicted molar refractivity (Wildman–Crippen MR) is 214 cm³/mol. The van der Waals surface area contributed by atoms with Crippen LogP contribution in [-0.2, 0) is 25.4 Å². The van der Waals surface area contributed by atoms with Crippen molar-refractivity contribution in [3.8, 4) is 0 Å². The lowest BCUT2D eigenvalue weighted by Crippen LogP contribution is -2.42. The normalized spacial score (nSPS) is 17.2. The molecule has 7 heteroatoms. The van der Waals surface area contributed by atoms with Gasteiger partial charge in [0.05, 0.1) is 6.61 Å². The fraction of sp³-hybridized carbons (Fsp3) is 0.125. The van der Waals surface area contributed by atoms with E-state index in [4.69, 9.17) is 14.2 Å². The van der Waals surface area contributed by atoms with E-state index in [0.717, 1.165) is 33.4 Å². The Kier molecular flexibility index (Phi) is 10.1. The monoisotopic (exact) mass is 724 g/mol. The third kappa shape index (κ3) is 6.70. The molecule has 7 nitrogen and oxygen atoms in total. The molecule has 55 heavy (non-hydrogen) atoms. The third-order valence-corrected chi connectivity index (χ3v) is 10.3. The van der Waals surface area contributed by atoms with Crippen molar-refractivity contribution < 1.29 is 14.2 Å². The van der Waals surface area contributed by atoms with Gasteiger partial charge in [-0.1, -0.05) is 189 Å². The van der Waals surface area contributed by atoms with Crippen molar-refractivity contribution in [2.24, 2.45) is 0 Å². The number of aromatic nitrogens is 2. The standard InChI is InChI=1S/C48H40N2O5/c1-35-42(34-53-47(36-20-8-2-9-21-36,37-22-10-3-11-23-37)38-24-12-4-13-25-38)54-45(50-33-32-43(51)49-46(50)52)44(35)55-48(39-26-14-5-15-27-39,40-28-16-6-17-29-40)41-30-18-7-19-31-41/h2-33,42,44-45H,1,34H2,(H,49,51,52)/t42-,44-,45-/m1/s1. The SMILES string of the molecule is C=C1[C@@H](OC(c2ccccc2)(c2ccccc2)c2ccccc2)[C@H](n2ccc(=O)[nH]c2=O)O[C@@H]1COC(c1ccccc1)(c1ccccc1)c1ccccc1. The number of nitrogens with zero attached hydrogens (tertiary/aromatic N) is 1. The maximum atomic E-state index is 13.5. The third-order valence-electron chi connectivity index (χ3n) is 10.3. The molecule has 3 atom stereocenters. The lowest BCUT2D eigenvalue weighted by Gasteiger charge is -2.39. The molecule has 8 rings (SSSR count). The van der Waals surface area contributed by atoms with E-state index in [2.05, 4.69) is 48.0 Å². The molecule has 272 valence electrons. The Hall–Kier alpha value is -6.38. The van der Waals surface area contributed by atoms with Crippen LogP contribution in [0.15, 0.2) is 216 Å². The van der Waals surface area contributed by atoms with Crippen LogP contribution in [0.2, 0.25) is 0 Å². The molecule has 1 saturated heterocycles.